The number of aliphatic carboxylic acids is 1. The molecule has 228 valence electrons. The van der Waals surface area contributed by atoms with E-state index in [9.17, 15) is 32.3 Å². The Labute approximate surface area is 246 Å². The number of nitrogens with zero attached hydrogens (tertiary/aromatic N) is 3. The van der Waals surface area contributed by atoms with Crippen molar-refractivity contribution in [1.82, 2.24) is 20.1 Å². The molecule has 16 heteroatoms. The Balaban J connectivity index is 0.000000541. The Kier molecular flexibility index (Phi) is 9.18. The summed E-state index contributed by atoms with van der Waals surface area (Å²) in [5, 5.41) is 16.7. The fraction of sp³-hybridized carbons (Fsp3) is 0.333. The van der Waals surface area contributed by atoms with Gasteiger partial charge in [0.05, 0.1) is 12.1 Å². The first-order valence-corrected chi connectivity index (χ1v) is 13.9. The average Bonchev–Trinajstić information content (AvgIpc) is 3.46. The van der Waals surface area contributed by atoms with Crippen molar-refractivity contribution in [3.63, 3.8) is 0 Å². The lowest BCUT2D eigenvalue weighted by molar-refractivity contribution is -0.192. The molecule has 4 heterocycles. The first-order chi connectivity index (χ1) is 20.3. The van der Waals surface area contributed by atoms with Gasteiger partial charge in [-0.05, 0) is 31.9 Å². The molecule has 5 rings (SSSR count). The topological polar surface area (TPSA) is 162 Å². The highest BCUT2D eigenvalue weighted by molar-refractivity contribution is 7.23. The fourth-order valence-electron chi connectivity index (χ4n) is 4.64. The number of rotatable bonds is 5. The van der Waals surface area contributed by atoms with Crippen molar-refractivity contribution in [3.05, 3.63) is 64.6 Å². The Morgan fingerprint density at radius 2 is 1.74 bits per heavy atom. The summed E-state index contributed by atoms with van der Waals surface area (Å²) < 4.78 is 34.1. The van der Waals surface area contributed by atoms with Crippen LogP contribution in [0.25, 0.3) is 10.1 Å². The summed E-state index contributed by atoms with van der Waals surface area (Å²) in [7, 11) is 0. The monoisotopic (exact) mass is 620 g/mol. The second-order valence-corrected chi connectivity index (χ2v) is 10.6. The number of hydrogen-bond acceptors (Lipinski definition) is 7. The van der Waals surface area contributed by atoms with E-state index in [1.54, 1.807) is 23.2 Å². The largest absolute Gasteiger partial charge is 0.490 e. The van der Waals surface area contributed by atoms with E-state index in [0.29, 0.717) is 48.9 Å². The molecular formula is C27H27F3N6O6S. The molecule has 2 aromatic heterocycles. The number of carbonyl (C=O) groups excluding carboxylic acids is 3. The minimum atomic E-state index is -5.08. The van der Waals surface area contributed by atoms with Crippen molar-refractivity contribution >= 4 is 56.1 Å². The maximum atomic E-state index is 13.6. The molecule has 1 spiro atoms. The van der Waals surface area contributed by atoms with Crippen molar-refractivity contribution in [3.8, 4) is 0 Å². The highest BCUT2D eigenvalue weighted by Crippen LogP contribution is 2.38. The maximum Gasteiger partial charge on any atom is 0.490 e. The smallest absolute Gasteiger partial charge is 0.475 e. The third-order valence-corrected chi connectivity index (χ3v) is 7.83. The summed E-state index contributed by atoms with van der Waals surface area (Å²) >= 11 is 1.36. The number of piperidine rings is 1. The Bertz CT molecular complexity index is 1640. The molecule has 3 aromatic rings. The van der Waals surface area contributed by atoms with Crippen LogP contribution in [-0.2, 0) is 16.1 Å². The van der Waals surface area contributed by atoms with Gasteiger partial charge in [0.15, 0.2) is 0 Å². The number of thiophene rings is 1. The number of carbonyl (C=O) groups is 4. The number of alkyl halides is 3. The molecule has 0 atom stereocenters. The molecule has 1 aromatic carbocycles. The number of urea groups is 1. The van der Waals surface area contributed by atoms with Crippen molar-refractivity contribution in [2.45, 2.75) is 38.0 Å². The standard InChI is InChI=1S/C25H26N6O4S.C2HF3O2/c1-2-26-24(35)28-21-20(16-7-3-4-8-17(16)36-21)22(33)30-13-10-25(11-14-30)23(34)27-18(29-25)15-31-12-6-5-9-19(31)32;3-2(4,5)1(6)7/h3-9,12H,2,10-11,13-15H2,1H3,(H2,26,28,35)(H,27,29,34);(H,6,7). The molecule has 0 bridgehead atoms. The highest BCUT2D eigenvalue weighted by Gasteiger charge is 2.46. The minimum Gasteiger partial charge on any atom is -0.475 e. The van der Waals surface area contributed by atoms with Crippen LogP contribution < -0.4 is 21.5 Å². The van der Waals surface area contributed by atoms with E-state index in [0.717, 1.165) is 10.1 Å². The lowest BCUT2D eigenvalue weighted by Gasteiger charge is -2.35. The molecule has 0 saturated carbocycles. The number of benzene rings is 1. The highest BCUT2D eigenvalue weighted by atomic mass is 32.1. The molecular weight excluding hydrogens is 593 g/mol. The van der Waals surface area contributed by atoms with Gasteiger partial charge in [-0.25, -0.2) is 9.59 Å². The van der Waals surface area contributed by atoms with Crippen LogP contribution in [-0.4, -0.2) is 75.6 Å². The van der Waals surface area contributed by atoms with Gasteiger partial charge in [-0.15, -0.1) is 11.3 Å². The average molecular weight is 621 g/mol. The van der Waals surface area contributed by atoms with Gasteiger partial charge in [0.2, 0.25) is 0 Å². The third-order valence-electron chi connectivity index (χ3n) is 6.74. The van der Waals surface area contributed by atoms with Crippen LogP contribution in [0, 0.1) is 0 Å². The molecule has 4 amide bonds. The third kappa shape index (κ3) is 7.02. The molecule has 1 saturated heterocycles. The number of anilines is 1. The quantitative estimate of drug-likeness (QED) is 0.343. The number of aliphatic imine (C=N–C) groups is 1. The molecule has 2 aliphatic rings. The molecule has 4 N–H and O–H groups in total. The summed E-state index contributed by atoms with van der Waals surface area (Å²) in [6.45, 7) is 3.17. The number of carboxylic acid groups (broad SMARTS) is 1. The van der Waals surface area contributed by atoms with Gasteiger partial charge in [0, 0.05) is 42.0 Å². The van der Waals surface area contributed by atoms with Gasteiger partial charge < -0.3 is 25.2 Å². The van der Waals surface area contributed by atoms with Crippen molar-refractivity contribution in [2.24, 2.45) is 4.99 Å². The van der Waals surface area contributed by atoms with Gasteiger partial charge in [-0.1, -0.05) is 24.3 Å². The van der Waals surface area contributed by atoms with Crippen LogP contribution in [0.2, 0.25) is 0 Å². The van der Waals surface area contributed by atoms with Gasteiger partial charge in [-0.3, -0.25) is 24.7 Å². The second kappa shape index (κ2) is 12.6. The van der Waals surface area contributed by atoms with Crippen LogP contribution in [0.3, 0.4) is 0 Å². The Morgan fingerprint density at radius 1 is 1.09 bits per heavy atom. The lowest BCUT2D eigenvalue weighted by Crippen LogP contribution is -2.50. The van der Waals surface area contributed by atoms with E-state index < -0.39 is 17.7 Å². The van der Waals surface area contributed by atoms with Crippen LogP contribution >= 0.6 is 11.3 Å². The van der Waals surface area contributed by atoms with Crippen molar-refractivity contribution < 1.29 is 37.5 Å². The molecule has 0 unspecified atom stereocenters. The summed E-state index contributed by atoms with van der Waals surface area (Å²) in [5.41, 5.74) is -0.652. The number of aromatic nitrogens is 1. The molecule has 43 heavy (non-hydrogen) atoms. The van der Waals surface area contributed by atoms with Crippen LogP contribution in [0.4, 0.5) is 23.0 Å². The fourth-order valence-corrected chi connectivity index (χ4v) is 5.73. The minimum absolute atomic E-state index is 0.171. The summed E-state index contributed by atoms with van der Waals surface area (Å²) in [4.78, 5) is 66.1. The first-order valence-electron chi connectivity index (χ1n) is 13.1. The van der Waals surface area contributed by atoms with E-state index in [2.05, 4.69) is 20.9 Å². The number of likely N-dealkylation sites (tertiary alicyclic amines) is 1. The maximum absolute atomic E-state index is 13.6. The van der Waals surface area contributed by atoms with Crippen molar-refractivity contribution in [1.29, 1.82) is 0 Å². The van der Waals surface area contributed by atoms with Gasteiger partial charge >= 0.3 is 18.2 Å². The summed E-state index contributed by atoms with van der Waals surface area (Å²) in [5.74, 6) is -2.70. The number of pyridine rings is 1. The summed E-state index contributed by atoms with van der Waals surface area (Å²) in [6, 6.07) is 12.1. The number of amides is 4. The van der Waals surface area contributed by atoms with Crippen LogP contribution in [0.1, 0.15) is 30.1 Å². The first kappa shape index (κ1) is 31.2. The molecule has 1 fully saturated rings. The Hall–Kier alpha value is -4.73. The zero-order chi connectivity index (χ0) is 31.4. The lowest BCUT2D eigenvalue weighted by atomic mass is 9.87. The van der Waals surface area contributed by atoms with E-state index in [1.807, 2.05) is 31.2 Å². The predicted octanol–water partition coefficient (Wildman–Crippen LogP) is 3.04. The normalized spacial score (nSPS) is 15.8. The van der Waals surface area contributed by atoms with Gasteiger partial charge in [-0.2, -0.15) is 13.2 Å². The van der Waals surface area contributed by atoms with Crippen LogP contribution in [0.5, 0.6) is 0 Å². The van der Waals surface area contributed by atoms with Gasteiger partial charge in [0.25, 0.3) is 17.4 Å². The van der Waals surface area contributed by atoms with E-state index in [4.69, 9.17) is 9.90 Å². The zero-order valence-electron chi connectivity index (χ0n) is 22.7. The second-order valence-electron chi connectivity index (χ2n) is 9.59. The SMILES string of the molecule is CCNC(=O)Nc1sc2ccccc2c1C(=O)N1CCC2(CC1)N=C(Cn1ccccc1=O)NC2=O.O=C(O)C(F)(F)F. The number of hydrogen-bond donors (Lipinski definition) is 4. The van der Waals surface area contributed by atoms with Crippen LogP contribution in [0.15, 0.2) is 58.4 Å². The Morgan fingerprint density at radius 3 is 2.37 bits per heavy atom. The molecule has 2 aliphatic heterocycles. The molecule has 0 radical (unpaired) electrons. The number of fused-ring (bicyclic) bond motifs is 1. The van der Waals surface area contributed by atoms with Gasteiger partial charge in [0.1, 0.15) is 16.4 Å². The molecule has 12 nitrogen and oxygen atoms in total. The number of nitrogens with one attached hydrogen (secondary N) is 3. The predicted molar refractivity (Wildman–Crippen MR) is 152 cm³/mol. The van der Waals surface area contributed by atoms with Crippen molar-refractivity contribution in [2.75, 3.05) is 25.0 Å². The number of carboxylic acids is 1. The van der Waals surface area contributed by atoms with E-state index in [-0.39, 0.29) is 29.9 Å². The zero-order valence-corrected chi connectivity index (χ0v) is 23.6. The van der Waals surface area contributed by atoms with E-state index in [1.165, 1.54) is 22.0 Å². The number of halogens is 3. The van der Waals surface area contributed by atoms with E-state index >= 15 is 0 Å². The number of amidine groups is 1. The molecule has 0 aliphatic carbocycles. The summed E-state index contributed by atoms with van der Waals surface area (Å²) in [6.07, 6.45) is -2.68.